The molecule has 0 spiro atoms. The predicted octanol–water partition coefficient (Wildman–Crippen LogP) is 5.25. The molecule has 4 aliphatic rings. The van der Waals surface area contributed by atoms with E-state index in [4.69, 9.17) is 0 Å². The van der Waals surface area contributed by atoms with Crippen molar-refractivity contribution in [2.45, 2.75) is 72.1 Å². The van der Waals surface area contributed by atoms with Crippen molar-refractivity contribution in [2.75, 3.05) is 0 Å². The van der Waals surface area contributed by atoms with Gasteiger partial charge in [-0.3, -0.25) is 0 Å². The van der Waals surface area contributed by atoms with Gasteiger partial charge in [0.1, 0.15) is 0 Å². The maximum atomic E-state index is 9.32. The van der Waals surface area contributed by atoms with Gasteiger partial charge in [0, 0.05) is 5.92 Å². The van der Waals surface area contributed by atoms with Crippen LogP contribution in [0.1, 0.15) is 72.1 Å². The zero-order valence-corrected chi connectivity index (χ0v) is 15.8. The minimum absolute atomic E-state index is 0.288. The average molecular weight is 344 g/mol. The summed E-state index contributed by atoms with van der Waals surface area (Å²) in [7, 11) is 0. The fourth-order valence-electron chi connectivity index (χ4n) is 7.41. The van der Waals surface area contributed by atoms with Gasteiger partial charge in [-0.15, -0.1) is 0 Å². The summed E-state index contributed by atoms with van der Waals surface area (Å²) < 4.78 is 0. The van der Waals surface area contributed by atoms with Crippen molar-refractivity contribution in [1.82, 2.24) is 0 Å². The number of hydrogen-bond acceptors (Lipinski definition) is 4. The number of allylic oxidation sites excluding steroid dienone is 2. The molecule has 2 N–H and O–H groups in total. The van der Waals surface area contributed by atoms with Crippen molar-refractivity contribution >= 4 is 11.4 Å². The third-order valence-corrected chi connectivity index (χ3v) is 8.77. The van der Waals surface area contributed by atoms with Gasteiger partial charge in [-0.2, -0.15) is 0 Å². The third kappa shape index (κ3) is 2.32. The molecule has 3 fully saturated rings. The molecule has 0 bridgehead atoms. The molecule has 4 heteroatoms. The standard InChI is InChI=1S/C21H32N2O2/c1-13(22-24)17-6-7-18-16-5-4-14-12-15(23-25)8-10-20(14,2)19(16)9-11-21(17,18)3/h12,16-19,24-25H,4-11H2,1-3H3/b22-13?,23-15-/t16-,17+,18-,19-,20-,21-/m1/s1. The first-order chi connectivity index (χ1) is 11.9. The van der Waals surface area contributed by atoms with Gasteiger partial charge in [-0.05, 0) is 93.0 Å². The second-order valence-electron chi connectivity index (χ2n) is 9.51. The maximum absolute atomic E-state index is 9.32. The lowest BCUT2D eigenvalue weighted by atomic mass is 9.46. The molecule has 0 aliphatic heterocycles. The molecule has 4 rings (SSSR count). The zero-order chi connectivity index (χ0) is 17.8. The van der Waals surface area contributed by atoms with E-state index in [1.165, 1.54) is 37.7 Å². The first kappa shape index (κ1) is 17.1. The second kappa shape index (κ2) is 5.85. The Hall–Kier alpha value is -1.32. The fourth-order valence-corrected chi connectivity index (χ4v) is 7.41. The Morgan fingerprint density at radius 2 is 1.84 bits per heavy atom. The van der Waals surface area contributed by atoms with Crippen LogP contribution in [0.3, 0.4) is 0 Å². The quantitative estimate of drug-likeness (QED) is 0.388. The van der Waals surface area contributed by atoms with Crippen LogP contribution in [0.5, 0.6) is 0 Å². The molecule has 0 heterocycles. The van der Waals surface area contributed by atoms with E-state index in [0.29, 0.717) is 11.3 Å². The molecule has 0 radical (unpaired) electrons. The third-order valence-electron chi connectivity index (χ3n) is 8.77. The number of fused-ring (bicyclic) bond motifs is 5. The van der Waals surface area contributed by atoms with E-state index in [1.807, 2.05) is 6.92 Å². The van der Waals surface area contributed by atoms with Crippen molar-refractivity contribution in [3.05, 3.63) is 11.6 Å². The highest BCUT2D eigenvalue weighted by Crippen LogP contribution is 2.66. The van der Waals surface area contributed by atoms with Gasteiger partial charge < -0.3 is 10.4 Å². The second-order valence-corrected chi connectivity index (χ2v) is 9.51. The van der Waals surface area contributed by atoms with Crippen LogP contribution in [-0.2, 0) is 0 Å². The predicted molar refractivity (Wildman–Crippen MR) is 99.3 cm³/mol. The summed E-state index contributed by atoms with van der Waals surface area (Å²) in [6, 6.07) is 0. The first-order valence-electron chi connectivity index (χ1n) is 10.0. The van der Waals surface area contributed by atoms with Crippen LogP contribution in [0.2, 0.25) is 0 Å². The van der Waals surface area contributed by atoms with E-state index in [0.717, 1.165) is 48.4 Å². The van der Waals surface area contributed by atoms with Gasteiger partial charge in [0.15, 0.2) is 0 Å². The van der Waals surface area contributed by atoms with Crippen LogP contribution >= 0.6 is 0 Å². The monoisotopic (exact) mass is 344 g/mol. The lowest BCUT2D eigenvalue weighted by Gasteiger charge is -2.58. The SMILES string of the molecule is CC(=NO)[C@@H]1CC[C@@H]2[C@H]3CCC4=C/C(=N\O)CC[C@@]4(C)[C@@H]3CC[C@@]21C. The summed E-state index contributed by atoms with van der Waals surface area (Å²) in [5, 5.41) is 25.6. The molecule has 0 amide bonds. The molecule has 0 saturated heterocycles. The largest absolute Gasteiger partial charge is 0.411 e. The summed E-state index contributed by atoms with van der Waals surface area (Å²) in [5.74, 6) is 2.77. The molecule has 0 aromatic rings. The molecule has 25 heavy (non-hydrogen) atoms. The van der Waals surface area contributed by atoms with Gasteiger partial charge in [0.05, 0.1) is 11.4 Å². The smallest absolute Gasteiger partial charge is 0.0795 e. The van der Waals surface area contributed by atoms with Crippen LogP contribution in [0, 0.1) is 34.5 Å². The minimum atomic E-state index is 0.288. The molecular formula is C21H32N2O2. The Labute approximate surface area is 151 Å². The van der Waals surface area contributed by atoms with Crippen LogP contribution in [0.15, 0.2) is 22.0 Å². The van der Waals surface area contributed by atoms with Crippen LogP contribution in [0.4, 0.5) is 0 Å². The number of oxime groups is 2. The topological polar surface area (TPSA) is 65.2 Å². The number of hydrogen-bond donors (Lipinski definition) is 2. The first-order valence-corrected chi connectivity index (χ1v) is 10.0. The van der Waals surface area contributed by atoms with Gasteiger partial charge in [-0.1, -0.05) is 29.7 Å². The Morgan fingerprint density at radius 3 is 2.56 bits per heavy atom. The van der Waals surface area contributed by atoms with Gasteiger partial charge in [-0.25, -0.2) is 0 Å². The molecule has 3 saturated carbocycles. The Balaban J connectivity index is 1.65. The molecule has 6 atom stereocenters. The lowest BCUT2D eigenvalue weighted by Crippen LogP contribution is -2.51. The van der Waals surface area contributed by atoms with E-state index in [-0.39, 0.29) is 5.41 Å². The molecule has 0 unspecified atom stereocenters. The van der Waals surface area contributed by atoms with Crippen molar-refractivity contribution in [3.63, 3.8) is 0 Å². The van der Waals surface area contributed by atoms with Crippen LogP contribution in [-0.4, -0.2) is 21.8 Å². The summed E-state index contributed by atoms with van der Waals surface area (Å²) in [4.78, 5) is 0. The van der Waals surface area contributed by atoms with E-state index in [1.54, 1.807) is 0 Å². The molecule has 138 valence electrons. The fraction of sp³-hybridized carbons (Fsp3) is 0.810. The summed E-state index contributed by atoms with van der Waals surface area (Å²) in [6.45, 7) is 6.94. The van der Waals surface area contributed by atoms with Crippen molar-refractivity contribution in [2.24, 2.45) is 44.8 Å². The molecule has 0 aromatic heterocycles. The molecule has 4 nitrogen and oxygen atoms in total. The summed E-state index contributed by atoms with van der Waals surface area (Å²) in [5.41, 5.74) is 3.92. The minimum Gasteiger partial charge on any atom is -0.411 e. The zero-order valence-electron chi connectivity index (χ0n) is 15.8. The molecule has 4 aliphatic carbocycles. The van der Waals surface area contributed by atoms with Gasteiger partial charge in [0.2, 0.25) is 0 Å². The Bertz CT molecular complexity index is 652. The molecular weight excluding hydrogens is 312 g/mol. The summed E-state index contributed by atoms with van der Waals surface area (Å²) in [6.07, 6.45) is 11.6. The van der Waals surface area contributed by atoms with E-state index in [9.17, 15) is 10.4 Å². The average Bonchev–Trinajstić information content (AvgIpc) is 2.97. The van der Waals surface area contributed by atoms with Gasteiger partial charge >= 0.3 is 0 Å². The normalized spacial score (nSPS) is 48.5. The van der Waals surface area contributed by atoms with Crippen molar-refractivity contribution < 1.29 is 10.4 Å². The Morgan fingerprint density at radius 1 is 1.04 bits per heavy atom. The highest BCUT2D eigenvalue weighted by atomic mass is 16.4. The van der Waals surface area contributed by atoms with E-state index >= 15 is 0 Å². The van der Waals surface area contributed by atoms with Crippen molar-refractivity contribution in [1.29, 1.82) is 0 Å². The highest BCUT2D eigenvalue weighted by Gasteiger charge is 2.59. The van der Waals surface area contributed by atoms with Crippen molar-refractivity contribution in [3.8, 4) is 0 Å². The molecule has 0 aromatic carbocycles. The Kier molecular flexibility index (Phi) is 4.01. The van der Waals surface area contributed by atoms with E-state index < -0.39 is 0 Å². The number of nitrogens with zero attached hydrogens (tertiary/aromatic N) is 2. The lowest BCUT2D eigenvalue weighted by molar-refractivity contribution is -0.0410. The summed E-state index contributed by atoms with van der Waals surface area (Å²) >= 11 is 0. The van der Waals surface area contributed by atoms with Crippen LogP contribution in [0.25, 0.3) is 0 Å². The maximum Gasteiger partial charge on any atom is 0.0795 e. The number of rotatable bonds is 1. The van der Waals surface area contributed by atoms with Crippen LogP contribution < -0.4 is 0 Å². The highest BCUT2D eigenvalue weighted by molar-refractivity contribution is 5.96. The van der Waals surface area contributed by atoms with E-state index in [2.05, 4.69) is 30.2 Å². The van der Waals surface area contributed by atoms with Gasteiger partial charge in [0.25, 0.3) is 0 Å².